The van der Waals surface area contributed by atoms with Gasteiger partial charge in [-0.1, -0.05) is 18.2 Å². The molecule has 3 rings (SSSR count). The Morgan fingerprint density at radius 2 is 2.14 bits per heavy atom. The lowest BCUT2D eigenvalue weighted by Gasteiger charge is -2.31. The molecular weight excluding hydrogens is 268 g/mol. The Kier molecular flexibility index (Phi) is 3.52. The fourth-order valence-corrected chi connectivity index (χ4v) is 4.12. The third kappa shape index (κ3) is 2.16. The Bertz CT molecular complexity index is 533. The molecule has 0 aromatic rings. The fourth-order valence-electron chi connectivity index (χ4n) is 4.12. The van der Waals surface area contributed by atoms with E-state index in [1.807, 2.05) is 19.1 Å². The topological polar surface area (TPSA) is 63.6 Å². The van der Waals surface area contributed by atoms with Gasteiger partial charge in [-0.2, -0.15) is 0 Å². The molecule has 4 nitrogen and oxygen atoms in total. The zero-order chi connectivity index (χ0) is 15.2. The molecule has 0 heterocycles. The summed E-state index contributed by atoms with van der Waals surface area (Å²) in [6, 6.07) is 0. The van der Waals surface area contributed by atoms with Crippen molar-refractivity contribution in [1.29, 1.82) is 0 Å². The molecule has 0 amide bonds. The Balaban J connectivity index is 2.06. The van der Waals surface area contributed by atoms with Crippen LogP contribution in [0, 0.1) is 23.2 Å². The number of carbonyl (C=O) groups excluding carboxylic acids is 2. The third-order valence-corrected chi connectivity index (χ3v) is 5.57. The number of fused-ring (bicyclic) bond motifs is 2. The van der Waals surface area contributed by atoms with Crippen LogP contribution in [0.15, 0.2) is 23.8 Å². The number of ketones is 1. The number of carbonyl (C=O) groups is 2. The van der Waals surface area contributed by atoms with E-state index in [2.05, 4.69) is 6.08 Å². The minimum Gasteiger partial charge on any atom is -0.469 e. The zero-order valence-corrected chi connectivity index (χ0v) is 12.5. The van der Waals surface area contributed by atoms with E-state index in [-0.39, 0.29) is 23.6 Å². The number of hydrogen-bond acceptors (Lipinski definition) is 4. The number of methoxy groups -OCH3 is 1. The van der Waals surface area contributed by atoms with E-state index in [0.29, 0.717) is 12.8 Å². The van der Waals surface area contributed by atoms with Crippen LogP contribution in [0.25, 0.3) is 0 Å². The highest BCUT2D eigenvalue weighted by molar-refractivity contribution is 5.89. The predicted octanol–water partition coefficient (Wildman–Crippen LogP) is 2.03. The number of esters is 1. The highest BCUT2D eigenvalue weighted by Gasteiger charge is 2.47. The van der Waals surface area contributed by atoms with Crippen molar-refractivity contribution >= 4 is 11.8 Å². The van der Waals surface area contributed by atoms with E-state index < -0.39 is 17.4 Å². The number of ether oxygens (including phenoxy) is 1. The molecule has 5 atom stereocenters. The van der Waals surface area contributed by atoms with Gasteiger partial charge < -0.3 is 9.84 Å². The molecule has 0 spiro atoms. The minimum absolute atomic E-state index is 0.00366. The number of aliphatic hydroxyl groups is 1. The molecule has 0 unspecified atom stereocenters. The summed E-state index contributed by atoms with van der Waals surface area (Å²) in [5.41, 5.74) is 0.382. The Morgan fingerprint density at radius 3 is 2.86 bits per heavy atom. The number of rotatable bonds is 1. The lowest BCUT2D eigenvalue weighted by Crippen LogP contribution is -2.31. The van der Waals surface area contributed by atoms with Crippen molar-refractivity contribution in [2.45, 2.75) is 38.7 Å². The smallest absolute Gasteiger partial charge is 0.313 e. The number of allylic oxidation sites excluding steroid dienone is 2. The monoisotopic (exact) mass is 290 g/mol. The molecule has 0 saturated heterocycles. The van der Waals surface area contributed by atoms with Crippen LogP contribution in [0.5, 0.6) is 0 Å². The molecule has 3 aliphatic rings. The number of aliphatic hydroxyl groups excluding tert-OH is 1. The predicted molar refractivity (Wildman–Crippen MR) is 77.3 cm³/mol. The van der Waals surface area contributed by atoms with Crippen molar-refractivity contribution in [1.82, 2.24) is 0 Å². The summed E-state index contributed by atoms with van der Waals surface area (Å²) in [6.45, 7) is 1.94. The van der Waals surface area contributed by atoms with Gasteiger partial charge in [-0.3, -0.25) is 9.59 Å². The standard InChI is InChI=1S/C17H22O4/c1-17-8-7-12(16(20)21-2)11-4-5-14(18)13(11)9-10(17)3-6-15(17)19/h7-12,14,18H,3-6H2,1-2H3/b8-7?,13-9+/t10-,11-,12+,14+,17-/m1/s1. The highest BCUT2D eigenvalue weighted by Crippen LogP contribution is 2.48. The van der Waals surface area contributed by atoms with Crippen molar-refractivity contribution in [3.63, 3.8) is 0 Å². The number of Topliss-reactive ketones (excluding diaryl/α,β-unsaturated/α-hetero) is 1. The van der Waals surface area contributed by atoms with Gasteiger partial charge in [0, 0.05) is 6.42 Å². The average molecular weight is 290 g/mol. The fraction of sp³-hybridized carbons (Fsp3) is 0.647. The van der Waals surface area contributed by atoms with E-state index in [0.717, 1.165) is 18.4 Å². The average Bonchev–Trinajstić information content (AvgIpc) is 2.93. The molecule has 0 aliphatic heterocycles. The second kappa shape index (κ2) is 5.09. The molecule has 1 N–H and O–H groups in total. The van der Waals surface area contributed by atoms with Gasteiger partial charge in [0.25, 0.3) is 0 Å². The van der Waals surface area contributed by atoms with Crippen LogP contribution in [0.3, 0.4) is 0 Å². The molecule has 4 heteroatoms. The van der Waals surface area contributed by atoms with Crippen LogP contribution in [-0.2, 0) is 14.3 Å². The van der Waals surface area contributed by atoms with Crippen molar-refractivity contribution < 1.29 is 19.4 Å². The maximum absolute atomic E-state index is 12.3. The number of hydrogen-bond donors (Lipinski definition) is 1. The van der Waals surface area contributed by atoms with E-state index in [1.165, 1.54) is 7.11 Å². The summed E-state index contributed by atoms with van der Waals surface area (Å²) in [6.07, 6.45) is 8.19. The van der Waals surface area contributed by atoms with Crippen LogP contribution in [0.2, 0.25) is 0 Å². The van der Waals surface area contributed by atoms with Gasteiger partial charge in [0.2, 0.25) is 0 Å². The summed E-state index contributed by atoms with van der Waals surface area (Å²) in [5, 5.41) is 10.3. The van der Waals surface area contributed by atoms with Crippen molar-refractivity contribution in [2.24, 2.45) is 23.2 Å². The van der Waals surface area contributed by atoms with E-state index in [4.69, 9.17) is 4.74 Å². The Labute approximate surface area is 124 Å². The van der Waals surface area contributed by atoms with E-state index in [9.17, 15) is 14.7 Å². The van der Waals surface area contributed by atoms with Gasteiger partial charge in [0.15, 0.2) is 0 Å². The van der Waals surface area contributed by atoms with Crippen LogP contribution >= 0.6 is 0 Å². The van der Waals surface area contributed by atoms with Gasteiger partial charge in [-0.05, 0) is 43.6 Å². The van der Waals surface area contributed by atoms with Gasteiger partial charge in [0.05, 0.1) is 24.5 Å². The summed E-state index contributed by atoms with van der Waals surface area (Å²) in [4.78, 5) is 24.3. The first-order valence-corrected chi connectivity index (χ1v) is 7.67. The third-order valence-electron chi connectivity index (χ3n) is 5.57. The van der Waals surface area contributed by atoms with Crippen molar-refractivity contribution in [3.05, 3.63) is 23.8 Å². The van der Waals surface area contributed by atoms with Gasteiger partial charge in [0.1, 0.15) is 5.78 Å². The highest BCUT2D eigenvalue weighted by atomic mass is 16.5. The van der Waals surface area contributed by atoms with Gasteiger partial charge in [-0.25, -0.2) is 0 Å². The first-order valence-electron chi connectivity index (χ1n) is 7.67. The molecule has 0 aromatic carbocycles. The Morgan fingerprint density at radius 1 is 1.38 bits per heavy atom. The molecule has 3 aliphatic carbocycles. The molecule has 0 radical (unpaired) electrons. The molecule has 0 bridgehead atoms. The van der Waals surface area contributed by atoms with Crippen LogP contribution in [0.1, 0.15) is 32.6 Å². The van der Waals surface area contributed by atoms with Crippen LogP contribution in [0.4, 0.5) is 0 Å². The molecule has 21 heavy (non-hydrogen) atoms. The van der Waals surface area contributed by atoms with E-state index in [1.54, 1.807) is 0 Å². The Hall–Kier alpha value is -1.42. The second-order valence-corrected chi connectivity index (χ2v) is 6.63. The summed E-state index contributed by atoms with van der Waals surface area (Å²) in [7, 11) is 1.38. The molecule has 2 fully saturated rings. The maximum Gasteiger partial charge on any atom is 0.313 e. The van der Waals surface area contributed by atoms with Crippen LogP contribution < -0.4 is 0 Å². The first-order chi connectivity index (χ1) is 9.97. The van der Waals surface area contributed by atoms with Crippen molar-refractivity contribution in [2.75, 3.05) is 7.11 Å². The normalized spacial score (nSPS) is 44.3. The van der Waals surface area contributed by atoms with Gasteiger partial charge in [-0.15, -0.1) is 0 Å². The quantitative estimate of drug-likeness (QED) is 0.593. The summed E-state index contributed by atoms with van der Waals surface area (Å²) < 4.78 is 4.92. The lowest BCUT2D eigenvalue weighted by atomic mass is 9.72. The van der Waals surface area contributed by atoms with Gasteiger partial charge >= 0.3 is 5.97 Å². The molecular formula is C17H22O4. The largest absolute Gasteiger partial charge is 0.469 e. The molecule has 2 saturated carbocycles. The SMILES string of the molecule is COC(=O)[C@H]1C=C[C@@]2(C)C(=O)CC[C@@H]2/C=C2/[C@@H](O)CC[C@@H]21. The van der Waals surface area contributed by atoms with E-state index >= 15 is 0 Å². The summed E-state index contributed by atoms with van der Waals surface area (Å²) >= 11 is 0. The molecule has 0 aromatic heterocycles. The van der Waals surface area contributed by atoms with Crippen molar-refractivity contribution in [3.8, 4) is 0 Å². The summed E-state index contributed by atoms with van der Waals surface area (Å²) in [5.74, 6) is -0.336. The van der Waals surface area contributed by atoms with Crippen LogP contribution in [-0.4, -0.2) is 30.1 Å². The minimum atomic E-state index is -0.549. The zero-order valence-electron chi connectivity index (χ0n) is 12.5. The first kappa shape index (κ1) is 14.5. The maximum atomic E-state index is 12.3. The second-order valence-electron chi connectivity index (χ2n) is 6.63. The lowest BCUT2D eigenvalue weighted by molar-refractivity contribution is -0.145. The molecule has 114 valence electrons.